The number of methoxy groups -OCH3 is 1. The molecular formula is C19H23N3O5S. The van der Waals surface area contributed by atoms with Crippen molar-refractivity contribution in [1.29, 1.82) is 0 Å². The highest BCUT2D eigenvalue weighted by Gasteiger charge is 2.20. The third-order valence-electron chi connectivity index (χ3n) is 3.73. The molecule has 0 aliphatic rings. The number of carbonyl (C=O) groups excluding carboxylic acids is 2. The Morgan fingerprint density at radius 3 is 2.18 bits per heavy atom. The summed E-state index contributed by atoms with van der Waals surface area (Å²) in [6.45, 7) is 1.39. The molecule has 0 saturated carbocycles. The molecule has 150 valence electrons. The SMILES string of the molecule is COc1ccc([C@H](CC(=O)Nc2cccc(NC(C)=O)c2)NS(C)(=O)=O)cc1. The number of amides is 2. The van der Waals surface area contributed by atoms with Crippen molar-refractivity contribution >= 4 is 33.2 Å². The highest BCUT2D eigenvalue weighted by atomic mass is 32.2. The van der Waals surface area contributed by atoms with E-state index < -0.39 is 16.1 Å². The van der Waals surface area contributed by atoms with E-state index in [-0.39, 0.29) is 18.2 Å². The molecule has 0 aromatic heterocycles. The van der Waals surface area contributed by atoms with Crippen LogP contribution in [0, 0.1) is 0 Å². The summed E-state index contributed by atoms with van der Waals surface area (Å²) in [4.78, 5) is 23.6. The lowest BCUT2D eigenvalue weighted by Crippen LogP contribution is -2.30. The van der Waals surface area contributed by atoms with Gasteiger partial charge in [0, 0.05) is 24.7 Å². The molecule has 0 bridgehead atoms. The predicted molar refractivity (Wildman–Crippen MR) is 108 cm³/mol. The Hall–Kier alpha value is -2.91. The second-order valence-electron chi connectivity index (χ2n) is 6.23. The van der Waals surface area contributed by atoms with Gasteiger partial charge in [-0.3, -0.25) is 9.59 Å². The van der Waals surface area contributed by atoms with Gasteiger partial charge in [-0.2, -0.15) is 0 Å². The summed E-state index contributed by atoms with van der Waals surface area (Å²) in [5.74, 6) is 0.0263. The van der Waals surface area contributed by atoms with E-state index >= 15 is 0 Å². The standard InChI is InChI=1S/C19H23N3O5S/c1-13(23)20-15-5-4-6-16(11-15)21-19(24)12-18(22-28(3,25)26)14-7-9-17(27-2)10-8-14/h4-11,18,22H,12H2,1-3H3,(H,20,23)(H,21,24)/t18-/m0/s1. The largest absolute Gasteiger partial charge is 0.497 e. The number of sulfonamides is 1. The Morgan fingerprint density at radius 1 is 1.04 bits per heavy atom. The molecule has 0 heterocycles. The molecule has 0 unspecified atom stereocenters. The molecule has 3 N–H and O–H groups in total. The van der Waals surface area contributed by atoms with Crippen molar-refractivity contribution < 1.29 is 22.7 Å². The van der Waals surface area contributed by atoms with Crippen molar-refractivity contribution in [2.45, 2.75) is 19.4 Å². The summed E-state index contributed by atoms with van der Waals surface area (Å²) >= 11 is 0. The van der Waals surface area contributed by atoms with Gasteiger partial charge in [0.15, 0.2) is 0 Å². The number of benzene rings is 2. The van der Waals surface area contributed by atoms with Crippen LogP contribution in [-0.4, -0.2) is 33.6 Å². The quantitative estimate of drug-likeness (QED) is 0.623. The smallest absolute Gasteiger partial charge is 0.226 e. The molecule has 0 aliphatic carbocycles. The normalized spacial score (nSPS) is 12.1. The van der Waals surface area contributed by atoms with Crippen molar-refractivity contribution in [2.24, 2.45) is 0 Å². The number of hydrogen-bond acceptors (Lipinski definition) is 5. The van der Waals surface area contributed by atoms with Crippen molar-refractivity contribution in [3.63, 3.8) is 0 Å². The van der Waals surface area contributed by atoms with Crippen molar-refractivity contribution in [1.82, 2.24) is 4.72 Å². The van der Waals surface area contributed by atoms with E-state index in [9.17, 15) is 18.0 Å². The summed E-state index contributed by atoms with van der Waals surface area (Å²) in [5.41, 5.74) is 1.67. The second kappa shape index (κ2) is 9.34. The molecule has 0 aliphatic heterocycles. The fourth-order valence-corrected chi connectivity index (χ4v) is 3.33. The van der Waals surface area contributed by atoms with E-state index in [4.69, 9.17) is 4.74 Å². The van der Waals surface area contributed by atoms with Gasteiger partial charge in [0.05, 0.1) is 19.4 Å². The first-order valence-corrected chi connectivity index (χ1v) is 10.3. The molecule has 28 heavy (non-hydrogen) atoms. The van der Waals surface area contributed by atoms with E-state index in [1.165, 1.54) is 14.0 Å². The van der Waals surface area contributed by atoms with Crippen LogP contribution in [0.25, 0.3) is 0 Å². The Balaban J connectivity index is 2.14. The molecule has 9 heteroatoms. The van der Waals surface area contributed by atoms with Crippen LogP contribution in [0.5, 0.6) is 5.75 Å². The lowest BCUT2D eigenvalue weighted by atomic mass is 10.0. The first-order valence-electron chi connectivity index (χ1n) is 8.45. The molecule has 2 aromatic carbocycles. The van der Waals surface area contributed by atoms with Crippen LogP contribution in [0.1, 0.15) is 24.9 Å². The topological polar surface area (TPSA) is 114 Å². The van der Waals surface area contributed by atoms with Gasteiger partial charge in [-0.05, 0) is 35.9 Å². The number of carbonyl (C=O) groups is 2. The maximum Gasteiger partial charge on any atom is 0.226 e. The maximum atomic E-state index is 12.5. The minimum atomic E-state index is -3.53. The zero-order valence-corrected chi connectivity index (χ0v) is 16.7. The second-order valence-corrected chi connectivity index (χ2v) is 8.01. The fourth-order valence-electron chi connectivity index (χ4n) is 2.60. The van der Waals surface area contributed by atoms with Crippen LogP contribution in [0.4, 0.5) is 11.4 Å². The molecule has 0 saturated heterocycles. The zero-order valence-electron chi connectivity index (χ0n) is 15.9. The van der Waals surface area contributed by atoms with Crippen LogP contribution >= 0.6 is 0 Å². The van der Waals surface area contributed by atoms with Crippen molar-refractivity contribution in [2.75, 3.05) is 24.0 Å². The Morgan fingerprint density at radius 2 is 1.64 bits per heavy atom. The highest BCUT2D eigenvalue weighted by molar-refractivity contribution is 7.88. The molecule has 2 amide bonds. The van der Waals surface area contributed by atoms with Gasteiger partial charge in [0.25, 0.3) is 0 Å². The molecule has 2 rings (SSSR count). The van der Waals surface area contributed by atoms with E-state index in [2.05, 4.69) is 15.4 Å². The van der Waals surface area contributed by atoms with Crippen LogP contribution in [0.2, 0.25) is 0 Å². The molecular weight excluding hydrogens is 382 g/mol. The molecule has 8 nitrogen and oxygen atoms in total. The minimum Gasteiger partial charge on any atom is -0.497 e. The van der Waals surface area contributed by atoms with E-state index in [1.807, 2.05) is 0 Å². The fraction of sp³-hybridized carbons (Fsp3) is 0.263. The Labute approximate surface area is 164 Å². The highest BCUT2D eigenvalue weighted by Crippen LogP contribution is 2.22. The van der Waals surface area contributed by atoms with Gasteiger partial charge < -0.3 is 15.4 Å². The molecule has 0 radical (unpaired) electrons. The van der Waals surface area contributed by atoms with Gasteiger partial charge in [-0.25, -0.2) is 13.1 Å². The maximum absolute atomic E-state index is 12.5. The average molecular weight is 405 g/mol. The first kappa shape index (κ1) is 21.4. The lowest BCUT2D eigenvalue weighted by Gasteiger charge is -2.18. The summed E-state index contributed by atoms with van der Waals surface area (Å²) in [6, 6.07) is 12.7. The molecule has 0 fully saturated rings. The summed E-state index contributed by atoms with van der Waals surface area (Å²) in [6.07, 6.45) is 0.933. The van der Waals surface area contributed by atoms with Gasteiger partial charge in [-0.15, -0.1) is 0 Å². The van der Waals surface area contributed by atoms with Crippen LogP contribution in [0.3, 0.4) is 0 Å². The number of anilines is 2. The minimum absolute atomic E-state index is 0.107. The predicted octanol–water partition coefficient (Wildman–Crippen LogP) is 2.27. The average Bonchev–Trinajstić information content (AvgIpc) is 2.60. The Bertz CT molecular complexity index is 942. The van der Waals surface area contributed by atoms with E-state index in [0.29, 0.717) is 22.7 Å². The number of hydrogen-bond donors (Lipinski definition) is 3. The van der Waals surface area contributed by atoms with Crippen LogP contribution in [0.15, 0.2) is 48.5 Å². The molecule has 2 aromatic rings. The van der Waals surface area contributed by atoms with Crippen LogP contribution < -0.4 is 20.1 Å². The Kier molecular flexibility index (Phi) is 7.13. The summed E-state index contributed by atoms with van der Waals surface area (Å²) < 4.78 is 31.0. The summed E-state index contributed by atoms with van der Waals surface area (Å²) in [7, 11) is -2.00. The van der Waals surface area contributed by atoms with Crippen LogP contribution in [-0.2, 0) is 19.6 Å². The van der Waals surface area contributed by atoms with Gasteiger partial charge >= 0.3 is 0 Å². The van der Waals surface area contributed by atoms with Crippen molar-refractivity contribution in [3.05, 3.63) is 54.1 Å². The first-order chi connectivity index (χ1) is 13.2. The number of ether oxygens (including phenoxy) is 1. The van der Waals surface area contributed by atoms with Gasteiger partial charge in [0.2, 0.25) is 21.8 Å². The van der Waals surface area contributed by atoms with Gasteiger partial charge in [-0.1, -0.05) is 18.2 Å². The molecule has 0 spiro atoms. The number of nitrogens with one attached hydrogen (secondary N) is 3. The van der Waals surface area contributed by atoms with Crippen molar-refractivity contribution in [3.8, 4) is 5.75 Å². The summed E-state index contributed by atoms with van der Waals surface area (Å²) in [5, 5.41) is 5.35. The van der Waals surface area contributed by atoms with E-state index in [0.717, 1.165) is 6.26 Å². The van der Waals surface area contributed by atoms with Gasteiger partial charge in [0.1, 0.15) is 5.75 Å². The zero-order chi connectivity index (χ0) is 20.7. The van der Waals surface area contributed by atoms with E-state index in [1.54, 1.807) is 48.5 Å². The number of rotatable bonds is 8. The lowest BCUT2D eigenvalue weighted by molar-refractivity contribution is -0.116. The monoisotopic (exact) mass is 405 g/mol. The third-order valence-corrected chi connectivity index (χ3v) is 4.44. The molecule has 1 atom stereocenters. The third kappa shape index (κ3) is 7.01.